The van der Waals surface area contributed by atoms with Crippen LogP contribution in [-0.4, -0.2) is 57.2 Å². The van der Waals surface area contributed by atoms with Crippen molar-refractivity contribution in [3.05, 3.63) is 0 Å². The molecule has 0 aliphatic heterocycles. The lowest BCUT2D eigenvalue weighted by Crippen LogP contribution is -2.50. The molecule has 3 N–H and O–H groups in total. The molecule has 3 amide bonds. The molecule has 0 atom stereocenters. The van der Waals surface area contributed by atoms with Crippen LogP contribution in [0.2, 0.25) is 0 Å². The first-order valence-corrected chi connectivity index (χ1v) is 6.77. The zero-order valence-electron chi connectivity index (χ0n) is 12.6. The van der Waals surface area contributed by atoms with Crippen LogP contribution in [-0.2, 0) is 14.2 Å². The lowest BCUT2D eigenvalue weighted by Gasteiger charge is -2.19. The summed E-state index contributed by atoms with van der Waals surface area (Å²) in [6.45, 7) is 5.86. The molecule has 0 saturated carbocycles. The molecule has 0 aliphatic rings. The van der Waals surface area contributed by atoms with Crippen molar-refractivity contribution in [1.82, 2.24) is 16.0 Å². The van der Waals surface area contributed by atoms with E-state index in [-0.39, 0.29) is 32.9 Å². The number of carbonyl (C=O) groups is 3. The molecule has 0 saturated heterocycles. The van der Waals surface area contributed by atoms with E-state index in [1.165, 1.54) is 0 Å². The van der Waals surface area contributed by atoms with Gasteiger partial charge in [0.2, 0.25) is 0 Å². The van der Waals surface area contributed by atoms with Gasteiger partial charge in [-0.3, -0.25) is 0 Å². The predicted octanol–water partition coefficient (Wildman–Crippen LogP) is 0.593. The first kappa shape index (κ1) is 18.8. The van der Waals surface area contributed by atoms with Gasteiger partial charge >= 0.3 is 18.3 Å². The maximum atomic E-state index is 11.4. The highest BCUT2D eigenvalue weighted by Crippen LogP contribution is 1.87. The predicted molar refractivity (Wildman–Crippen MR) is 74.0 cm³/mol. The molecule has 0 aromatic carbocycles. The number of nitrogens with one attached hydrogen (secondary N) is 3. The SMILES string of the molecule is CCOC(=O)NCC(CNC(=O)OCC)NC(=O)OCC. The quantitative estimate of drug-likeness (QED) is 0.565. The van der Waals surface area contributed by atoms with Crippen molar-refractivity contribution < 1.29 is 28.6 Å². The maximum Gasteiger partial charge on any atom is 0.407 e. The van der Waals surface area contributed by atoms with Gasteiger partial charge in [-0.15, -0.1) is 0 Å². The largest absolute Gasteiger partial charge is 0.450 e. The molecule has 0 aliphatic carbocycles. The second-order valence-corrected chi connectivity index (χ2v) is 3.76. The molecule has 9 nitrogen and oxygen atoms in total. The highest BCUT2D eigenvalue weighted by atomic mass is 16.6. The van der Waals surface area contributed by atoms with Crippen molar-refractivity contribution >= 4 is 18.3 Å². The summed E-state index contributed by atoms with van der Waals surface area (Å²) < 4.78 is 14.1. The number of alkyl carbamates (subject to hydrolysis) is 3. The Balaban J connectivity index is 4.29. The molecule has 0 aromatic heterocycles. The van der Waals surface area contributed by atoms with E-state index in [0.29, 0.717) is 0 Å². The summed E-state index contributed by atoms with van der Waals surface area (Å²) in [6.07, 6.45) is -1.85. The Morgan fingerprint density at radius 1 is 0.762 bits per heavy atom. The Hall–Kier alpha value is -2.19. The average molecular weight is 305 g/mol. The minimum atomic E-state index is -0.640. The third kappa shape index (κ3) is 10.3. The number of carbonyl (C=O) groups excluding carboxylic acids is 3. The van der Waals surface area contributed by atoms with E-state index < -0.39 is 24.3 Å². The molecule has 9 heteroatoms. The van der Waals surface area contributed by atoms with Gasteiger partial charge in [-0.05, 0) is 20.8 Å². The summed E-state index contributed by atoms with van der Waals surface area (Å²) in [5.41, 5.74) is 0. The molecule has 0 unspecified atom stereocenters. The number of amides is 3. The van der Waals surface area contributed by atoms with Gasteiger partial charge in [0.15, 0.2) is 0 Å². The third-order valence-electron chi connectivity index (χ3n) is 2.13. The summed E-state index contributed by atoms with van der Waals surface area (Å²) in [6, 6.07) is -0.558. The Morgan fingerprint density at radius 3 is 1.52 bits per heavy atom. The van der Waals surface area contributed by atoms with Gasteiger partial charge in [-0.1, -0.05) is 0 Å². The van der Waals surface area contributed by atoms with Crippen LogP contribution in [0.5, 0.6) is 0 Å². The van der Waals surface area contributed by atoms with Crippen LogP contribution in [0.3, 0.4) is 0 Å². The lowest BCUT2D eigenvalue weighted by atomic mass is 10.3. The van der Waals surface area contributed by atoms with Crippen molar-refractivity contribution in [2.24, 2.45) is 0 Å². The Kier molecular flexibility index (Phi) is 10.4. The van der Waals surface area contributed by atoms with E-state index in [0.717, 1.165) is 0 Å². The summed E-state index contributed by atoms with van der Waals surface area (Å²) >= 11 is 0. The van der Waals surface area contributed by atoms with Crippen molar-refractivity contribution in [3.8, 4) is 0 Å². The normalized spacial score (nSPS) is 9.71. The van der Waals surface area contributed by atoms with Crippen LogP contribution in [0.4, 0.5) is 14.4 Å². The van der Waals surface area contributed by atoms with Crippen molar-refractivity contribution in [2.75, 3.05) is 32.9 Å². The van der Waals surface area contributed by atoms with Crippen LogP contribution in [0.15, 0.2) is 0 Å². The minimum absolute atomic E-state index is 0.0735. The van der Waals surface area contributed by atoms with Crippen LogP contribution >= 0.6 is 0 Å². The Bertz CT molecular complexity index is 315. The number of rotatable bonds is 8. The van der Waals surface area contributed by atoms with Gasteiger partial charge in [0.05, 0.1) is 25.9 Å². The number of hydrogen-bond acceptors (Lipinski definition) is 6. The first-order valence-electron chi connectivity index (χ1n) is 6.77. The van der Waals surface area contributed by atoms with E-state index >= 15 is 0 Å². The van der Waals surface area contributed by atoms with Gasteiger partial charge in [0.25, 0.3) is 0 Å². The fourth-order valence-corrected chi connectivity index (χ4v) is 1.29. The second kappa shape index (κ2) is 11.6. The maximum absolute atomic E-state index is 11.4. The standard InChI is InChI=1S/C12H23N3O6/c1-4-19-10(16)13-7-9(15-12(18)21-6-3)8-14-11(17)20-5-2/h9H,4-8H2,1-3H3,(H,13,16)(H,14,17)(H,15,18). The average Bonchev–Trinajstić information content (AvgIpc) is 2.42. The van der Waals surface area contributed by atoms with Gasteiger partial charge in [0.1, 0.15) is 0 Å². The van der Waals surface area contributed by atoms with E-state index in [9.17, 15) is 14.4 Å². The zero-order chi connectivity index (χ0) is 16.1. The fourth-order valence-electron chi connectivity index (χ4n) is 1.29. The smallest absolute Gasteiger partial charge is 0.407 e. The van der Waals surface area contributed by atoms with Gasteiger partial charge < -0.3 is 30.2 Å². The molecule has 0 fully saturated rings. The van der Waals surface area contributed by atoms with Gasteiger partial charge in [-0.25, -0.2) is 14.4 Å². The Morgan fingerprint density at radius 2 is 1.14 bits per heavy atom. The molecule has 0 heterocycles. The highest BCUT2D eigenvalue weighted by molar-refractivity contribution is 5.70. The number of hydrogen-bond donors (Lipinski definition) is 3. The fraction of sp³-hybridized carbons (Fsp3) is 0.750. The minimum Gasteiger partial charge on any atom is -0.450 e. The van der Waals surface area contributed by atoms with Crippen LogP contribution < -0.4 is 16.0 Å². The second-order valence-electron chi connectivity index (χ2n) is 3.76. The lowest BCUT2D eigenvalue weighted by molar-refractivity contribution is 0.138. The molecule has 0 radical (unpaired) electrons. The molecule has 122 valence electrons. The summed E-state index contributed by atoms with van der Waals surface area (Å²) in [4.78, 5) is 33.8. The van der Waals surface area contributed by atoms with Crippen LogP contribution in [0.1, 0.15) is 20.8 Å². The van der Waals surface area contributed by atoms with Crippen LogP contribution in [0.25, 0.3) is 0 Å². The highest BCUT2D eigenvalue weighted by Gasteiger charge is 2.16. The Labute approximate surface area is 123 Å². The topological polar surface area (TPSA) is 115 Å². The number of ether oxygens (including phenoxy) is 3. The monoisotopic (exact) mass is 305 g/mol. The van der Waals surface area contributed by atoms with E-state index in [4.69, 9.17) is 14.2 Å². The molecule has 0 aromatic rings. The van der Waals surface area contributed by atoms with Crippen LogP contribution in [0, 0.1) is 0 Å². The molecule has 0 rings (SSSR count). The van der Waals surface area contributed by atoms with E-state index in [1.54, 1.807) is 20.8 Å². The molecule has 0 spiro atoms. The van der Waals surface area contributed by atoms with Crippen molar-refractivity contribution in [3.63, 3.8) is 0 Å². The summed E-state index contributed by atoms with van der Waals surface area (Å²) in [5.74, 6) is 0. The summed E-state index contributed by atoms with van der Waals surface area (Å²) in [7, 11) is 0. The van der Waals surface area contributed by atoms with E-state index in [1.807, 2.05) is 0 Å². The van der Waals surface area contributed by atoms with Gasteiger partial charge in [-0.2, -0.15) is 0 Å². The third-order valence-corrected chi connectivity index (χ3v) is 2.13. The molecule has 0 bridgehead atoms. The summed E-state index contributed by atoms with van der Waals surface area (Å²) in [5, 5.41) is 7.44. The molecular weight excluding hydrogens is 282 g/mol. The zero-order valence-corrected chi connectivity index (χ0v) is 12.6. The van der Waals surface area contributed by atoms with Gasteiger partial charge in [0, 0.05) is 13.1 Å². The first-order chi connectivity index (χ1) is 10.0. The van der Waals surface area contributed by atoms with Crippen molar-refractivity contribution in [2.45, 2.75) is 26.8 Å². The molecule has 21 heavy (non-hydrogen) atoms. The van der Waals surface area contributed by atoms with Crippen molar-refractivity contribution in [1.29, 1.82) is 0 Å². The molecular formula is C12H23N3O6. The van der Waals surface area contributed by atoms with E-state index in [2.05, 4.69) is 16.0 Å².